The van der Waals surface area contributed by atoms with Gasteiger partial charge in [-0.3, -0.25) is 0 Å². The molecule has 0 aliphatic carbocycles. The summed E-state index contributed by atoms with van der Waals surface area (Å²) < 4.78 is 0. The molecule has 0 bridgehead atoms. The summed E-state index contributed by atoms with van der Waals surface area (Å²) in [6, 6.07) is 3.82. The number of hydrogen-bond donors (Lipinski definition) is 5. The van der Waals surface area contributed by atoms with Crippen LogP contribution in [0.2, 0.25) is 0 Å². The van der Waals surface area contributed by atoms with Gasteiger partial charge in [-0.25, -0.2) is 0 Å². The number of phenols is 1. The monoisotopic (exact) mass is 442 g/mol. The van der Waals surface area contributed by atoms with Gasteiger partial charge in [0.25, 0.3) is 0 Å². The van der Waals surface area contributed by atoms with Gasteiger partial charge in [-0.15, -0.1) is 0 Å². The molecule has 0 unspecified atom stereocenters. The fourth-order valence-electron chi connectivity index (χ4n) is 2.42. The quantitative estimate of drug-likeness (QED) is 0.389. The minimum atomic E-state index is -4.61. The van der Waals surface area contributed by atoms with Gasteiger partial charge in [-0.2, -0.15) is 0 Å². The molecule has 0 aliphatic heterocycles. The summed E-state index contributed by atoms with van der Waals surface area (Å²) >= 11 is 0. The summed E-state index contributed by atoms with van der Waals surface area (Å²) in [5, 5.41) is 10.1. The summed E-state index contributed by atoms with van der Waals surface area (Å²) in [7, 11) is -4.61. The van der Waals surface area contributed by atoms with Crippen molar-refractivity contribution < 1.29 is 32.8 Å². The molecule has 1 rings (SSSR count). The van der Waals surface area contributed by atoms with E-state index in [9.17, 15) is 5.11 Å². The molecule has 1 aromatic rings. The topological polar surface area (TPSA) is 101 Å². The second-order valence-corrected chi connectivity index (χ2v) is 8.45. The number of phenolic OH excluding ortho intramolecular Hbond substituents is 1. The van der Waals surface area contributed by atoms with Crippen LogP contribution in [-0.4, -0.2) is 147 Å². The second kappa shape index (κ2) is 13.1. The van der Waals surface area contributed by atoms with Gasteiger partial charge in [0.05, 0.1) is 0 Å². The molecule has 5 nitrogen and oxygen atoms in total. The van der Waals surface area contributed by atoms with Crippen LogP contribution in [0.1, 0.15) is 66.8 Å². The third-order valence-corrected chi connectivity index (χ3v) is 2.89. The van der Waals surface area contributed by atoms with Crippen LogP contribution >= 0.6 is 0 Å². The maximum absolute atomic E-state index is 10.1. The van der Waals surface area contributed by atoms with Crippen molar-refractivity contribution in [3.63, 3.8) is 0 Å². The van der Waals surface area contributed by atoms with Crippen LogP contribution in [0.3, 0.4) is 0 Å². The van der Waals surface area contributed by atoms with E-state index < -0.39 is 9.05 Å². The zero-order valence-corrected chi connectivity index (χ0v) is 23.6. The summed E-state index contributed by atoms with van der Waals surface area (Å²) in [6.45, 7) is 15.2. The van der Waals surface area contributed by atoms with Crippen molar-refractivity contribution in [3.05, 3.63) is 28.8 Å². The number of benzene rings is 1. The average molecular weight is 443 g/mol. The number of aromatic hydroxyl groups is 1. The van der Waals surface area contributed by atoms with E-state index in [1.807, 2.05) is 12.1 Å². The molecular formula is C15H34Ca3O5Si. The minimum absolute atomic E-state index is 0. The first kappa shape index (κ1) is 34.4. The van der Waals surface area contributed by atoms with Gasteiger partial charge in [-0.05, 0) is 34.9 Å². The molecule has 0 radical (unpaired) electrons. The van der Waals surface area contributed by atoms with Crippen LogP contribution < -0.4 is 0 Å². The summed E-state index contributed by atoms with van der Waals surface area (Å²) in [4.78, 5) is 29.3. The zero-order chi connectivity index (χ0) is 17.2. The SMILES string of the molecule is Cc1ccc(O)c(C(C)(C)C)c1C(C)(C)C.O[Si](O)(O)O.[Ca+2].[Ca+2].[Ca+2].[H-].[H-].[H-].[H-].[H-].[H-]. The molecule has 0 aliphatic rings. The van der Waals surface area contributed by atoms with Crippen molar-refractivity contribution in [1.82, 2.24) is 0 Å². The third kappa shape index (κ3) is 13.9. The Morgan fingerprint density at radius 2 is 1.04 bits per heavy atom. The van der Waals surface area contributed by atoms with Crippen molar-refractivity contribution in [1.29, 1.82) is 0 Å². The van der Waals surface area contributed by atoms with Crippen LogP contribution in [0.15, 0.2) is 12.1 Å². The molecule has 5 N–H and O–H groups in total. The third-order valence-electron chi connectivity index (χ3n) is 2.89. The smallest absolute Gasteiger partial charge is 1.00 e. The van der Waals surface area contributed by atoms with Gasteiger partial charge in [0.2, 0.25) is 0 Å². The molecule has 0 aromatic heterocycles. The van der Waals surface area contributed by atoms with Crippen molar-refractivity contribution in [2.45, 2.75) is 59.3 Å². The first-order valence-corrected chi connectivity index (χ1v) is 8.57. The molecule has 0 fully saturated rings. The van der Waals surface area contributed by atoms with Gasteiger partial charge in [0.1, 0.15) is 5.75 Å². The molecule has 0 saturated heterocycles. The molecule has 0 heterocycles. The van der Waals surface area contributed by atoms with Gasteiger partial charge >= 0.3 is 122 Å². The van der Waals surface area contributed by atoms with Gasteiger partial charge in [-0.1, -0.05) is 47.6 Å². The van der Waals surface area contributed by atoms with Crippen LogP contribution in [0.5, 0.6) is 5.75 Å². The molecule has 9 heteroatoms. The molecule has 24 heavy (non-hydrogen) atoms. The molecule has 0 atom stereocenters. The van der Waals surface area contributed by atoms with Gasteiger partial charge in [0, 0.05) is 5.56 Å². The predicted octanol–water partition coefficient (Wildman–Crippen LogP) is 1.22. The van der Waals surface area contributed by atoms with Crippen LogP contribution in [-0.2, 0) is 10.8 Å². The van der Waals surface area contributed by atoms with Crippen LogP contribution in [0, 0.1) is 6.92 Å². The standard InChI is InChI=1S/C15H24O.3Ca.H4O4Si.6H/c1-10-8-9-11(16)13(15(5,6)7)12(10)14(2,3)4;;;;1-5(2,3)4;;;;;;/h8-9,16H,1-7H3;;;;1-4H;;;;;;/q;3*+2;;6*-1. The van der Waals surface area contributed by atoms with E-state index in [0.717, 1.165) is 5.56 Å². The molecule has 134 valence electrons. The molecular weight excluding hydrogens is 408 g/mol. The Balaban J connectivity index is -0.0000000326. The number of hydrogen-bond acceptors (Lipinski definition) is 5. The average Bonchev–Trinajstić information content (AvgIpc) is 2.14. The Morgan fingerprint density at radius 3 is 1.25 bits per heavy atom. The molecule has 0 saturated carbocycles. The summed E-state index contributed by atoms with van der Waals surface area (Å²) in [6.07, 6.45) is 0. The first-order chi connectivity index (χ1) is 9.05. The minimum Gasteiger partial charge on any atom is -1.00 e. The fourth-order valence-corrected chi connectivity index (χ4v) is 2.42. The Bertz CT molecular complexity index is 468. The van der Waals surface area contributed by atoms with E-state index in [0.29, 0.717) is 5.75 Å². The van der Waals surface area contributed by atoms with Gasteiger partial charge in [0.15, 0.2) is 0 Å². The van der Waals surface area contributed by atoms with Crippen LogP contribution in [0.25, 0.3) is 0 Å². The molecule has 0 amide bonds. The van der Waals surface area contributed by atoms with E-state index in [-0.39, 0.29) is 133 Å². The molecule has 0 spiro atoms. The van der Waals surface area contributed by atoms with Crippen molar-refractivity contribution in [3.8, 4) is 5.75 Å². The number of rotatable bonds is 0. The summed E-state index contributed by atoms with van der Waals surface area (Å²) in [5.74, 6) is 0.419. The summed E-state index contributed by atoms with van der Waals surface area (Å²) in [5.41, 5.74) is 3.65. The Hall–Kier alpha value is 2.86. The van der Waals surface area contributed by atoms with Crippen molar-refractivity contribution in [2.75, 3.05) is 0 Å². The Morgan fingerprint density at radius 1 is 0.750 bits per heavy atom. The zero-order valence-electron chi connectivity index (χ0n) is 22.0. The maximum Gasteiger partial charge on any atom is 2.00 e. The van der Waals surface area contributed by atoms with Crippen molar-refractivity contribution >= 4 is 122 Å². The van der Waals surface area contributed by atoms with E-state index in [2.05, 4.69) is 48.5 Å². The van der Waals surface area contributed by atoms with E-state index >= 15 is 0 Å². The predicted molar refractivity (Wildman–Crippen MR) is 109 cm³/mol. The van der Waals surface area contributed by atoms with Gasteiger partial charge < -0.3 is 32.8 Å². The fraction of sp³-hybridized carbons (Fsp3) is 0.600. The van der Waals surface area contributed by atoms with E-state index in [1.54, 1.807) is 0 Å². The van der Waals surface area contributed by atoms with E-state index in [4.69, 9.17) is 19.2 Å². The van der Waals surface area contributed by atoms with Crippen LogP contribution in [0.4, 0.5) is 0 Å². The van der Waals surface area contributed by atoms with Crippen molar-refractivity contribution in [2.24, 2.45) is 0 Å². The Kier molecular flexibility index (Phi) is 18.8. The molecule has 1 aromatic carbocycles. The largest absolute Gasteiger partial charge is 2.00 e. The first-order valence-electron chi connectivity index (χ1n) is 6.78. The van der Waals surface area contributed by atoms with E-state index in [1.165, 1.54) is 11.1 Å². The maximum atomic E-state index is 10.1. The second-order valence-electron chi connectivity index (χ2n) is 7.25. The Labute approximate surface area is 245 Å². The normalized spacial score (nSPS) is 11.1. The number of aryl methyl sites for hydroxylation is 1.